The van der Waals surface area contributed by atoms with Crippen molar-refractivity contribution in [3.8, 4) is 0 Å². The standard InChI is InChI=1S/C16H14FNO2/c1-9-2-4-12(17)8-13(9)16(20)10-3-5-14-11(6-10)7-15(19)18-14/h2-6,8,16,20H,7H2,1H3,(H,18,19). The first-order valence-corrected chi connectivity index (χ1v) is 6.41. The van der Waals surface area contributed by atoms with Crippen LogP contribution in [0.2, 0.25) is 0 Å². The van der Waals surface area contributed by atoms with Gasteiger partial charge in [0.25, 0.3) is 0 Å². The average Bonchev–Trinajstić information content (AvgIpc) is 2.79. The molecule has 2 aromatic rings. The number of aryl methyl sites for hydroxylation is 1. The summed E-state index contributed by atoms with van der Waals surface area (Å²) in [4.78, 5) is 11.3. The maximum Gasteiger partial charge on any atom is 0.228 e. The van der Waals surface area contributed by atoms with Gasteiger partial charge in [-0.15, -0.1) is 0 Å². The minimum absolute atomic E-state index is 0.0476. The van der Waals surface area contributed by atoms with E-state index < -0.39 is 6.10 Å². The van der Waals surface area contributed by atoms with Crippen LogP contribution < -0.4 is 5.32 Å². The molecule has 0 bridgehead atoms. The summed E-state index contributed by atoms with van der Waals surface area (Å²) in [7, 11) is 0. The smallest absolute Gasteiger partial charge is 0.228 e. The second-order valence-corrected chi connectivity index (χ2v) is 5.04. The topological polar surface area (TPSA) is 49.3 Å². The number of rotatable bonds is 2. The van der Waals surface area contributed by atoms with Crippen molar-refractivity contribution in [1.29, 1.82) is 0 Å². The van der Waals surface area contributed by atoms with E-state index in [0.29, 0.717) is 17.5 Å². The molecule has 0 saturated carbocycles. The van der Waals surface area contributed by atoms with Gasteiger partial charge in [-0.2, -0.15) is 0 Å². The highest BCUT2D eigenvalue weighted by Crippen LogP contribution is 2.30. The van der Waals surface area contributed by atoms with Gasteiger partial charge in [-0.1, -0.05) is 18.2 Å². The van der Waals surface area contributed by atoms with Crippen molar-refractivity contribution >= 4 is 11.6 Å². The minimum atomic E-state index is -0.897. The number of amides is 1. The molecule has 0 aromatic heterocycles. The third kappa shape index (κ3) is 2.18. The van der Waals surface area contributed by atoms with Crippen LogP contribution in [-0.2, 0) is 11.2 Å². The number of hydrogen-bond donors (Lipinski definition) is 2. The van der Waals surface area contributed by atoms with Crippen LogP contribution in [0.4, 0.5) is 10.1 Å². The molecule has 3 nitrogen and oxygen atoms in total. The Bertz CT molecular complexity index is 697. The molecule has 1 aliphatic heterocycles. The van der Waals surface area contributed by atoms with Crippen molar-refractivity contribution in [2.24, 2.45) is 0 Å². The van der Waals surface area contributed by atoms with E-state index in [1.165, 1.54) is 12.1 Å². The van der Waals surface area contributed by atoms with Gasteiger partial charge in [0.2, 0.25) is 5.91 Å². The molecule has 4 heteroatoms. The monoisotopic (exact) mass is 271 g/mol. The molecule has 2 aromatic carbocycles. The number of anilines is 1. The molecule has 102 valence electrons. The Balaban J connectivity index is 1.99. The van der Waals surface area contributed by atoms with E-state index in [-0.39, 0.29) is 11.7 Å². The van der Waals surface area contributed by atoms with Gasteiger partial charge in [0.15, 0.2) is 0 Å². The van der Waals surface area contributed by atoms with Crippen LogP contribution in [0.15, 0.2) is 36.4 Å². The van der Waals surface area contributed by atoms with Crippen LogP contribution in [0, 0.1) is 12.7 Å². The SMILES string of the molecule is Cc1ccc(F)cc1C(O)c1ccc2c(c1)CC(=O)N2. The summed E-state index contributed by atoms with van der Waals surface area (Å²) in [5, 5.41) is 13.2. The Kier molecular flexibility index (Phi) is 3.03. The van der Waals surface area contributed by atoms with E-state index in [2.05, 4.69) is 5.32 Å². The van der Waals surface area contributed by atoms with Crippen LogP contribution in [0.25, 0.3) is 0 Å². The molecular weight excluding hydrogens is 257 g/mol. The number of carbonyl (C=O) groups excluding carboxylic acids is 1. The summed E-state index contributed by atoms with van der Waals surface area (Å²) < 4.78 is 13.3. The summed E-state index contributed by atoms with van der Waals surface area (Å²) in [6.07, 6.45) is -0.579. The predicted octanol–water partition coefficient (Wildman–Crippen LogP) is 2.71. The number of aliphatic hydroxyl groups excluding tert-OH is 1. The predicted molar refractivity (Wildman–Crippen MR) is 74.0 cm³/mol. The van der Waals surface area contributed by atoms with Crippen molar-refractivity contribution in [3.63, 3.8) is 0 Å². The van der Waals surface area contributed by atoms with Gasteiger partial charge in [-0.25, -0.2) is 4.39 Å². The van der Waals surface area contributed by atoms with E-state index in [1.54, 1.807) is 24.3 Å². The molecule has 1 heterocycles. The fourth-order valence-electron chi connectivity index (χ4n) is 2.50. The number of aliphatic hydroxyl groups is 1. The molecule has 0 saturated heterocycles. The van der Waals surface area contributed by atoms with Crippen molar-refractivity contribution < 1.29 is 14.3 Å². The number of benzene rings is 2. The number of hydrogen-bond acceptors (Lipinski definition) is 2. The molecular formula is C16H14FNO2. The van der Waals surface area contributed by atoms with Gasteiger partial charge in [0.1, 0.15) is 11.9 Å². The quantitative estimate of drug-likeness (QED) is 0.882. The van der Waals surface area contributed by atoms with Gasteiger partial charge in [0, 0.05) is 5.69 Å². The van der Waals surface area contributed by atoms with E-state index in [9.17, 15) is 14.3 Å². The zero-order chi connectivity index (χ0) is 14.3. The van der Waals surface area contributed by atoms with Crippen LogP contribution in [0.3, 0.4) is 0 Å². The zero-order valence-electron chi connectivity index (χ0n) is 11.0. The van der Waals surface area contributed by atoms with Crippen LogP contribution >= 0.6 is 0 Å². The first-order valence-electron chi connectivity index (χ1n) is 6.41. The van der Waals surface area contributed by atoms with Gasteiger partial charge >= 0.3 is 0 Å². The van der Waals surface area contributed by atoms with Crippen molar-refractivity contribution in [3.05, 3.63) is 64.5 Å². The van der Waals surface area contributed by atoms with Gasteiger partial charge in [0.05, 0.1) is 6.42 Å². The normalized spacial score (nSPS) is 14.8. The van der Waals surface area contributed by atoms with Crippen molar-refractivity contribution in [2.75, 3.05) is 5.32 Å². The summed E-state index contributed by atoms with van der Waals surface area (Å²) in [5.41, 5.74) is 3.67. The number of fused-ring (bicyclic) bond motifs is 1. The molecule has 0 fully saturated rings. The lowest BCUT2D eigenvalue weighted by molar-refractivity contribution is -0.115. The fraction of sp³-hybridized carbons (Fsp3) is 0.188. The van der Waals surface area contributed by atoms with Gasteiger partial charge in [-0.05, 0) is 47.4 Å². The van der Waals surface area contributed by atoms with Crippen LogP contribution in [0.5, 0.6) is 0 Å². The lowest BCUT2D eigenvalue weighted by atomic mass is 9.95. The van der Waals surface area contributed by atoms with Gasteiger partial charge < -0.3 is 10.4 Å². The van der Waals surface area contributed by atoms with E-state index in [0.717, 1.165) is 16.8 Å². The van der Waals surface area contributed by atoms with Crippen molar-refractivity contribution in [2.45, 2.75) is 19.4 Å². The first kappa shape index (κ1) is 12.8. The molecule has 1 unspecified atom stereocenters. The number of halogens is 1. The Morgan fingerprint density at radius 3 is 2.85 bits per heavy atom. The lowest BCUT2D eigenvalue weighted by Gasteiger charge is -2.15. The Morgan fingerprint density at radius 2 is 2.05 bits per heavy atom. The highest BCUT2D eigenvalue weighted by Gasteiger charge is 2.20. The maximum atomic E-state index is 13.3. The highest BCUT2D eigenvalue weighted by atomic mass is 19.1. The molecule has 2 N–H and O–H groups in total. The molecule has 1 amide bonds. The first-order chi connectivity index (χ1) is 9.54. The Hall–Kier alpha value is -2.20. The highest BCUT2D eigenvalue weighted by molar-refractivity contribution is 5.99. The lowest BCUT2D eigenvalue weighted by Crippen LogP contribution is -2.03. The second-order valence-electron chi connectivity index (χ2n) is 5.04. The second kappa shape index (κ2) is 4.72. The van der Waals surface area contributed by atoms with E-state index in [4.69, 9.17) is 0 Å². The molecule has 0 spiro atoms. The third-order valence-electron chi connectivity index (χ3n) is 3.61. The largest absolute Gasteiger partial charge is 0.384 e. The number of nitrogens with one attached hydrogen (secondary N) is 1. The number of carbonyl (C=O) groups is 1. The molecule has 20 heavy (non-hydrogen) atoms. The summed E-state index contributed by atoms with van der Waals surface area (Å²) in [5.74, 6) is -0.420. The molecule has 0 aliphatic carbocycles. The minimum Gasteiger partial charge on any atom is -0.384 e. The fourth-order valence-corrected chi connectivity index (χ4v) is 2.50. The Labute approximate surface area is 116 Å². The van der Waals surface area contributed by atoms with E-state index >= 15 is 0 Å². The molecule has 1 atom stereocenters. The molecule has 3 rings (SSSR count). The van der Waals surface area contributed by atoms with Crippen molar-refractivity contribution in [1.82, 2.24) is 0 Å². The van der Waals surface area contributed by atoms with Crippen LogP contribution in [-0.4, -0.2) is 11.0 Å². The molecule has 1 aliphatic rings. The summed E-state index contributed by atoms with van der Waals surface area (Å²) >= 11 is 0. The Morgan fingerprint density at radius 1 is 1.25 bits per heavy atom. The van der Waals surface area contributed by atoms with Gasteiger partial charge in [-0.3, -0.25) is 4.79 Å². The third-order valence-corrected chi connectivity index (χ3v) is 3.61. The average molecular weight is 271 g/mol. The summed E-state index contributed by atoms with van der Waals surface area (Å²) in [6, 6.07) is 9.68. The van der Waals surface area contributed by atoms with Crippen LogP contribution in [0.1, 0.15) is 28.4 Å². The zero-order valence-corrected chi connectivity index (χ0v) is 11.0. The van der Waals surface area contributed by atoms with E-state index in [1.807, 2.05) is 6.92 Å². The summed E-state index contributed by atoms with van der Waals surface area (Å²) in [6.45, 7) is 1.83. The maximum absolute atomic E-state index is 13.3. The molecule has 0 radical (unpaired) electrons.